The van der Waals surface area contributed by atoms with Crippen LogP contribution in [0.1, 0.15) is 26.7 Å². The Kier molecular flexibility index (Phi) is 6.23. The quantitative estimate of drug-likeness (QED) is 0.680. The molecule has 0 aliphatic heterocycles. The molecule has 0 aromatic heterocycles. The summed E-state index contributed by atoms with van der Waals surface area (Å²) in [7, 11) is 0. The van der Waals surface area contributed by atoms with Crippen molar-refractivity contribution in [1.82, 2.24) is 0 Å². The lowest BCUT2D eigenvalue weighted by Crippen LogP contribution is -2.24. The van der Waals surface area contributed by atoms with E-state index in [9.17, 15) is 0 Å². The van der Waals surface area contributed by atoms with Crippen LogP contribution < -0.4 is 5.23 Å². The van der Waals surface area contributed by atoms with Gasteiger partial charge in [0.1, 0.15) is 0 Å². The summed E-state index contributed by atoms with van der Waals surface area (Å²) in [6.07, 6.45) is 1.87. The molecule has 0 N–H and O–H groups in total. The highest BCUT2D eigenvalue weighted by atomic mass is 35.5. The fraction of sp³-hybridized carbons (Fsp3) is 0.500. The zero-order valence-electron chi connectivity index (χ0n) is 9.78. The molecular formula is C12H18ClNO2. The van der Waals surface area contributed by atoms with Crippen molar-refractivity contribution in [2.24, 2.45) is 0 Å². The fourth-order valence-corrected chi connectivity index (χ4v) is 1.31. The summed E-state index contributed by atoms with van der Waals surface area (Å²) in [5.74, 6) is 0. The molecule has 0 heterocycles. The molecule has 0 spiro atoms. The number of hydrogen-bond donors (Lipinski definition) is 0. The first-order valence-corrected chi connectivity index (χ1v) is 5.97. The number of hydrogen-bond acceptors (Lipinski definition) is 3. The van der Waals surface area contributed by atoms with Gasteiger partial charge in [0.25, 0.3) is 0 Å². The highest BCUT2D eigenvalue weighted by molar-refractivity contribution is 6.30. The van der Waals surface area contributed by atoms with E-state index in [0.29, 0.717) is 18.2 Å². The molecule has 0 saturated carbocycles. The molecule has 3 nitrogen and oxygen atoms in total. The van der Waals surface area contributed by atoms with Gasteiger partial charge in [0.15, 0.2) is 0 Å². The van der Waals surface area contributed by atoms with Gasteiger partial charge < -0.3 is 0 Å². The zero-order valence-corrected chi connectivity index (χ0v) is 10.5. The largest absolute Gasteiger partial charge is 0.249 e. The van der Waals surface area contributed by atoms with Crippen LogP contribution in [0.5, 0.6) is 0 Å². The normalized spacial score (nSPS) is 10.4. The molecule has 0 aliphatic carbocycles. The topological polar surface area (TPSA) is 21.7 Å². The maximum Gasteiger partial charge on any atom is 0.0962 e. The maximum absolute atomic E-state index is 5.92. The van der Waals surface area contributed by atoms with Crippen LogP contribution >= 0.6 is 11.6 Å². The smallest absolute Gasteiger partial charge is 0.0962 e. The summed E-state index contributed by atoms with van der Waals surface area (Å²) in [6.45, 7) is 5.35. The Morgan fingerprint density at radius 1 is 1.12 bits per heavy atom. The van der Waals surface area contributed by atoms with Crippen molar-refractivity contribution in [3.05, 3.63) is 29.3 Å². The molecule has 0 atom stereocenters. The molecule has 0 saturated heterocycles. The predicted octanol–water partition coefficient (Wildman–Crippen LogP) is 3.83. The molecule has 0 aliphatic rings. The summed E-state index contributed by atoms with van der Waals surface area (Å²) in [6, 6.07) is 7.40. The summed E-state index contributed by atoms with van der Waals surface area (Å²) in [5.41, 5.74) is 0.814. The van der Waals surface area contributed by atoms with Crippen LogP contribution in [0.3, 0.4) is 0 Å². The third-order valence-electron chi connectivity index (χ3n) is 1.84. The molecular weight excluding hydrogens is 226 g/mol. The van der Waals surface area contributed by atoms with Crippen LogP contribution in [-0.4, -0.2) is 13.2 Å². The zero-order chi connectivity index (χ0) is 11.8. The Bertz CT molecular complexity index is 299. The molecule has 0 radical (unpaired) electrons. The van der Waals surface area contributed by atoms with E-state index >= 15 is 0 Å². The van der Waals surface area contributed by atoms with E-state index in [2.05, 4.69) is 13.8 Å². The third-order valence-corrected chi connectivity index (χ3v) is 2.08. The van der Waals surface area contributed by atoms with Gasteiger partial charge in [-0.15, -0.1) is 5.23 Å². The van der Waals surface area contributed by atoms with Gasteiger partial charge in [-0.25, -0.2) is 9.68 Å². The first-order chi connectivity index (χ1) is 7.77. The van der Waals surface area contributed by atoms with Crippen molar-refractivity contribution in [2.75, 3.05) is 18.4 Å². The Morgan fingerprint density at radius 2 is 1.75 bits per heavy atom. The molecule has 0 unspecified atom stereocenters. The molecule has 4 heteroatoms. The van der Waals surface area contributed by atoms with Crippen molar-refractivity contribution in [1.29, 1.82) is 0 Å². The lowest BCUT2D eigenvalue weighted by molar-refractivity contribution is -0.0893. The predicted molar refractivity (Wildman–Crippen MR) is 66.4 cm³/mol. The summed E-state index contributed by atoms with van der Waals surface area (Å²) in [5, 5.41) is 2.11. The van der Waals surface area contributed by atoms with Crippen LogP contribution in [0.25, 0.3) is 0 Å². The number of nitrogens with zero attached hydrogens (tertiary/aromatic N) is 1. The van der Waals surface area contributed by atoms with E-state index < -0.39 is 0 Å². The fourth-order valence-electron chi connectivity index (χ4n) is 1.12. The van der Waals surface area contributed by atoms with Crippen LogP contribution in [-0.2, 0) is 9.68 Å². The van der Waals surface area contributed by atoms with E-state index in [1.165, 1.54) is 5.23 Å². The Balaban J connectivity index is 2.66. The lowest BCUT2D eigenvalue weighted by Gasteiger charge is -2.22. The van der Waals surface area contributed by atoms with Gasteiger partial charge >= 0.3 is 0 Å². The average Bonchev–Trinajstić information content (AvgIpc) is 2.29. The van der Waals surface area contributed by atoms with Crippen LogP contribution in [0.2, 0.25) is 5.02 Å². The average molecular weight is 244 g/mol. The van der Waals surface area contributed by atoms with Crippen molar-refractivity contribution in [3.8, 4) is 0 Å². The first kappa shape index (κ1) is 13.3. The monoisotopic (exact) mass is 243 g/mol. The lowest BCUT2D eigenvalue weighted by atomic mass is 10.3. The second-order valence-electron chi connectivity index (χ2n) is 3.40. The molecule has 16 heavy (non-hydrogen) atoms. The molecule has 1 rings (SSSR count). The second-order valence-corrected chi connectivity index (χ2v) is 3.84. The van der Waals surface area contributed by atoms with Crippen molar-refractivity contribution in [2.45, 2.75) is 26.7 Å². The van der Waals surface area contributed by atoms with Crippen molar-refractivity contribution in [3.63, 3.8) is 0 Å². The van der Waals surface area contributed by atoms with Gasteiger partial charge in [0.2, 0.25) is 0 Å². The Morgan fingerprint density at radius 3 is 2.25 bits per heavy atom. The van der Waals surface area contributed by atoms with Gasteiger partial charge in [-0.1, -0.05) is 31.5 Å². The van der Waals surface area contributed by atoms with Gasteiger partial charge in [-0.05, 0) is 31.0 Å². The Hall–Kier alpha value is -0.770. The van der Waals surface area contributed by atoms with Crippen LogP contribution in [0.15, 0.2) is 24.3 Å². The van der Waals surface area contributed by atoms with Gasteiger partial charge in [-0.3, -0.25) is 0 Å². The highest BCUT2D eigenvalue weighted by Crippen LogP contribution is 2.20. The maximum atomic E-state index is 5.92. The van der Waals surface area contributed by atoms with Crippen LogP contribution in [0, 0.1) is 0 Å². The molecule has 0 bridgehead atoms. The molecule has 1 aromatic carbocycles. The van der Waals surface area contributed by atoms with Gasteiger partial charge in [0.05, 0.1) is 18.9 Å². The van der Waals surface area contributed by atoms with E-state index in [1.54, 1.807) is 0 Å². The standard InChI is InChI=1S/C12H18ClNO2/c1-3-8-15-14(16-9-4-2)12-7-5-6-11(13)10-12/h5-7,10H,3-4,8-9H2,1-2H3. The van der Waals surface area contributed by atoms with Crippen molar-refractivity contribution < 1.29 is 9.68 Å². The minimum Gasteiger partial charge on any atom is -0.249 e. The number of rotatable bonds is 7. The first-order valence-electron chi connectivity index (χ1n) is 5.59. The Labute approximate surface area is 102 Å². The number of anilines is 1. The summed E-state index contributed by atoms with van der Waals surface area (Å²) >= 11 is 5.92. The van der Waals surface area contributed by atoms with E-state index in [-0.39, 0.29) is 0 Å². The molecule has 1 aromatic rings. The molecule has 0 amide bonds. The summed E-state index contributed by atoms with van der Waals surface area (Å²) in [4.78, 5) is 11.0. The molecule has 90 valence electrons. The summed E-state index contributed by atoms with van der Waals surface area (Å²) < 4.78 is 0. The molecule has 0 fully saturated rings. The van der Waals surface area contributed by atoms with E-state index in [1.807, 2.05) is 24.3 Å². The van der Waals surface area contributed by atoms with Gasteiger partial charge in [-0.2, -0.15) is 0 Å². The van der Waals surface area contributed by atoms with Crippen LogP contribution in [0.4, 0.5) is 5.69 Å². The minimum atomic E-state index is 0.621. The highest BCUT2D eigenvalue weighted by Gasteiger charge is 2.07. The van der Waals surface area contributed by atoms with Crippen molar-refractivity contribution >= 4 is 17.3 Å². The van der Waals surface area contributed by atoms with Gasteiger partial charge in [0, 0.05) is 5.02 Å². The number of halogens is 1. The third kappa shape index (κ3) is 4.39. The van der Waals surface area contributed by atoms with E-state index in [4.69, 9.17) is 21.3 Å². The minimum absolute atomic E-state index is 0.621. The number of benzene rings is 1. The van der Waals surface area contributed by atoms with E-state index in [0.717, 1.165) is 18.5 Å². The SMILES string of the molecule is CCCON(OCCC)c1cccc(Cl)c1. The second kappa shape index (κ2) is 7.49.